The Bertz CT molecular complexity index is 619. The summed E-state index contributed by atoms with van der Waals surface area (Å²) in [6.45, 7) is 6.02. The summed E-state index contributed by atoms with van der Waals surface area (Å²) in [5.74, 6) is 0.0741. The molecule has 3 heterocycles. The van der Waals surface area contributed by atoms with Crippen molar-refractivity contribution in [2.45, 2.75) is 13.5 Å². The van der Waals surface area contributed by atoms with Crippen molar-refractivity contribution in [1.82, 2.24) is 19.8 Å². The number of hydrogen-bond donors (Lipinski definition) is 0. The number of hydrogen-bond acceptors (Lipinski definition) is 4. The zero-order valence-electron chi connectivity index (χ0n) is 12.8. The summed E-state index contributed by atoms with van der Waals surface area (Å²) in [5.41, 5.74) is 2.67. The standard InChI is InChI=1S/C17H20N4O/c1-14-5-6-15(12-19-14)17(22)21-10-8-20(9-11-21)13-16-4-2-3-7-18-16/h2-7,12H,8-11,13H2,1H3. The van der Waals surface area contributed by atoms with Gasteiger partial charge in [-0.1, -0.05) is 6.07 Å². The normalized spacial score (nSPS) is 15.8. The van der Waals surface area contributed by atoms with E-state index >= 15 is 0 Å². The Morgan fingerprint density at radius 2 is 1.91 bits per heavy atom. The monoisotopic (exact) mass is 296 g/mol. The van der Waals surface area contributed by atoms with E-state index in [1.807, 2.05) is 48.4 Å². The lowest BCUT2D eigenvalue weighted by Gasteiger charge is -2.34. The first-order valence-corrected chi connectivity index (χ1v) is 7.56. The molecule has 0 saturated carbocycles. The number of pyridine rings is 2. The van der Waals surface area contributed by atoms with Crippen LogP contribution in [0.15, 0.2) is 42.7 Å². The van der Waals surface area contributed by atoms with Gasteiger partial charge in [0.1, 0.15) is 0 Å². The molecule has 0 unspecified atom stereocenters. The molecule has 2 aromatic rings. The highest BCUT2D eigenvalue weighted by atomic mass is 16.2. The molecule has 0 aliphatic carbocycles. The number of nitrogens with zero attached hydrogens (tertiary/aromatic N) is 4. The molecular weight excluding hydrogens is 276 g/mol. The molecule has 0 N–H and O–H groups in total. The fourth-order valence-electron chi connectivity index (χ4n) is 2.61. The summed E-state index contributed by atoms with van der Waals surface area (Å²) in [6, 6.07) is 9.70. The summed E-state index contributed by atoms with van der Waals surface area (Å²) >= 11 is 0. The van der Waals surface area contributed by atoms with Gasteiger partial charge in [0.2, 0.25) is 0 Å². The smallest absolute Gasteiger partial charge is 0.255 e. The average Bonchev–Trinajstić information content (AvgIpc) is 2.57. The molecule has 1 fully saturated rings. The van der Waals surface area contributed by atoms with Gasteiger partial charge in [0.15, 0.2) is 0 Å². The molecule has 22 heavy (non-hydrogen) atoms. The van der Waals surface area contributed by atoms with E-state index in [-0.39, 0.29) is 5.91 Å². The first kappa shape index (κ1) is 14.7. The molecule has 114 valence electrons. The van der Waals surface area contributed by atoms with Crippen LogP contribution in [0.25, 0.3) is 0 Å². The summed E-state index contributed by atoms with van der Waals surface area (Å²) in [4.78, 5) is 25.2. The molecule has 0 aromatic carbocycles. The van der Waals surface area contributed by atoms with Gasteiger partial charge in [-0.15, -0.1) is 0 Å². The van der Waals surface area contributed by atoms with Gasteiger partial charge in [0, 0.05) is 50.8 Å². The second kappa shape index (κ2) is 6.66. The molecule has 0 spiro atoms. The van der Waals surface area contributed by atoms with E-state index in [4.69, 9.17) is 0 Å². The van der Waals surface area contributed by atoms with Crippen LogP contribution in [0.1, 0.15) is 21.7 Å². The zero-order valence-corrected chi connectivity index (χ0v) is 12.8. The van der Waals surface area contributed by atoms with Gasteiger partial charge >= 0.3 is 0 Å². The second-order valence-electron chi connectivity index (χ2n) is 5.58. The Hall–Kier alpha value is -2.27. The number of amides is 1. The average molecular weight is 296 g/mol. The van der Waals surface area contributed by atoms with E-state index in [2.05, 4.69) is 14.9 Å². The van der Waals surface area contributed by atoms with Crippen LogP contribution in [0.5, 0.6) is 0 Å². The van der Waals surface area contributed by atoms with Crippen molar-refractivity contribution in [2.24, 2.45) is 0 Å². The van der Waals surface area contributed by atoms with Crippen LogP contribution >= 0.6 is 0 Å². The van der Waals surface area contributed by atoms with E-state index in [0.29, 0.717) is 5.56 Å². The largest absolute Gasteiger partial charge is 0.336 e. The number of carbonyl (C=O) groups is 1. The zero-order chi connectivity index (χ0) is 15.4. The Morgan fingerprint density at radius 1 is 1.09 bits per heavy atom. The molecule has 0 bridgehead atoms. The number of carbonyl (C=O) groups excluding carboxylic acids is 1. The van der Waals surface area contributed by atoms with E-state index in [1.54, 1.807) is 6.20 Å². The highest BCUT2D eigenvalue weighted by Crippen LogP contribution is 2.10. The molecule has 3 rings (SSSR count). The maximum absolute atomic E-state index is 12.4. The number of aryl methyl sites for hydroxylation is 1. The molecule has 5 nitrogen and oxygen atoms in total. The highest BCUT2D eigenvalue weighted by molar-refractivity contribution is 5.94. The van der Waals surface area contributed by atoms with Crippen molar-refractivity contribution < 1.29 is 4.79 Å². The Balaban J connectivity index is 1.55. The van der Waals surface area contributed by atoms with Gasteiger partial charge in [-0.05, 0) is 31.2 Å². The van der Waals surface area contributed by atoms with Gasteiger partial charge < -0.3 is 4.90 Å². The molecular formula is C17H20N4O. The van der Waals surface area contributed by atoms with Gasteiger partial charge in [-0.2, -0.15) is 0 Å². The number of piperazine rings is 1. The SMILES string of the molecule is Cc1ccc(C(=O)N2CCN(Cc3ccccn3)CC2)cn1. The van der Waals surface area contributed by atoms with Gasteiger partial charge in [-0.25, -0.2) is 0 Å². The third kappa shape index (κ3) is 3.49. The number of rotatable bonds is 3. The van der Waals surface area contributed by atoms with Gasteiger partial charge in [0.25, 0.3) is 5.91 Å². The maximum atomic E-state index is 12.4. The molecule has 1 amide bonds. The topological polar surface area (TPSA) is 49.3 Å². The first-order chi connectivity index (χ1) is 10.7. The minimum absolute atomic E-state index is 0.0741. The van der Waals surface area contributed by atoms with E-state index in [9.17, 15) is 4.79 Å². The van der Waals surface area contributed by atoms with Crippen molar-refractivity contribution in [3.8, 4) is 0 Å². The summed E-state index contributed by atoms with van der Waals surface area (Å²) in [6.07, 6.45) is 3.48. The predicted molar refractivity (Wildman–Crippen MR) is 84.4 cm³/mol. The van der Waals surface area contributed by atoms with Crippen LogP contribution < -0.4 is 0 Å². The van der Waals surface area contributed by atoms with Crippen molar-refractivity contribution in [1.29, 1.82) is 0 Å². The molecule has 2 aromatic heterocycles. The minimum Gasteiger partial charge on any atom is -0.336 e. The van der Waals surface area contributed by atoms with Crippen molar-refractivity contribution in [2.75, 3.05) is 26.2 Å². The van der Waals surface area contributed by atoms with Crippen molar-refractivity contribution in [3.63, 3.8) is 0 Å². The Kier molecular flexibility index (Phi) is 4.44. The number of aromatic nitrogens is 2. The third-order valence-corrected chi connectivity index (χ3v) is 3.93. The van der Waals surface area contributed by atoms with Crippen LogP contribution in [0.4, 0.5) is 0 Å². The summed E-state index contributed by atoms with van der Waals surface area (Å²) in [5, 5.41) is 0. The van der Waals surface area contributed by atoms with Crippen LogP contribution in [0.2, 0.25) is 0 Å². The molecule has 0 atom stereocenters. The van der Waals surface area contributed by atoms with Gasteiger partial charge in [0.05, 0.1) is 11.3 Å². The lowest BCUT2D eigenvalue weighted by atomic mass is 10.2. The van der Waals surface area contributed by atoms with Gasteiger partial charge in [-0.3, -0.25) is 19.7 Å². The van der Waals surface area contributed by atoms with Crippen molar-refractivity contribution >= 4 is 5.91 Å². The minimum atomic E-state index is 0.0741. The maximum Gasteiger partial charge on any atom is 0.255 e. The fourth-order valence-corrected chi connectivity index (χ4v) is 2.61. The van der Waals surface area contributed by atoms with Crippen LogP contribution in [-0.2, 0) is 6.54 Å². The quantitative estimate of drug-likeness (QED) is 0.866. The molecule has 1 aliphatic rings. The summed E-state index contributed by atoms with van der Waals surface area (Å²) in [7, 11) is 0. The Labute approximate surface area is 130 Å². The fraction of sp³-hybridized carbons (Fsp3) is 0.353. The molecule has 1 aliphatic heterocycles. The third-order valence-electron chi connectivity index (χ3n) is 3.93. The molecule has 1 saturated heterocycles. The second-order valence-corrected chi connectivity index (χ2v) is 5.58. The summed E-state index contributed by atoms with van der Waals surface area (Å²) < 4.78 is 0. The van der Waals surface area contributed by atoms with E-state index in [1.165, 1.54) is 0 Å². The van der Waals surface area contributed by atoms with E-state index in [0.717, 1.165) is 44.1 Å². The van der Waals surface area contributed by atoms with Crippen LogP contribution in [0, 0.1) is 6.92 Å². The lowest BCUT2D eigenvalue weighted by Crippen LogP contribution is -2.48. The van der Waals surface area contributed by atoms with Crippen LogP contribution in [-0.4, -0.2) is 51.9 Å². The van der Waals surface area contributed by atoms with Crippen LogP contribution in [0.3, 0.4) is 0 Å². The highest BCUT2D eigenvalue weighted by Gasteiger charge is 2.22. The van der Waals surface area contributed by atoms with Crippen molar-refractivity contribution in [3.05, 3.63) is 59.7 Å². The lowest BCUT2D eigenvalue weighted by molar-refractivity contribution is 0.0626. The van der Waals surface area contributed by atoms with E-state index < -0.39 is 0 Å². The first-order valence-electron chi connectivity index (χ1n) is 7.56. The predicted octanol–water partition coefficient (Wildman–Crippen LogP) is 1.74. The molecule has 5 heteroatoms. The molecule has 0 radical (unpaired) electrons. The Morgan fingerprint density at radius 3 is 2.55 bits per heavy atom.